The van der Waals surface area contributed by atoms with Gasteiger partial charge in [0, 0.05) is 0 Å². The fourth-order valence-electron chi connectivity index (χ4n) is 0.869. The summed E-state index contributed by atoms with van der Waals surface area (Å²) in [6.07, 6.45) is 0.276. The lowest BCUT2D eigenvalue weighted by Gasteiger charge is -2.01. The van der Waals surface area contributed by atoms with E-state index in [1.807, 2.05) is 0 Å². The molecule has 0 aliphatic carbocycles. The Hall–Kier alpha value is -1.40. The van der Waals surface area contributed by atoms with E-state index < -0.39 is 12.1 Å². The van der Waals surface area contributed by atoms with E-state index in [0.717, 1.165) is 6.26 Å². The second-order valence-corrected chi connectivity index (χ2v) is 2.66. The Morgan fingerprint density at radius 1 is 1.79 bits per heavy atom. The molecule has 0 bridgehead atoms. The first-order chi connectivity index (χ1) is 6.67. The second-order valence-electron chi connectivity index (χ2n) is 2.66. The zero-order valence-electron chi connectivity index (χ0n) is 7.64. The number of carbonyl (C=O) groups excluding carboxylic acids is 1. The Morgan fingerprint density at radius 3 is 3.07 bits per heavy atom. The van der Waals surface area contributed by atoms with Gasteiger partial charge in [-0.25, -0.2) is 9.78 Å². The average molecular weight is 201 g/mol. The Morgan fingerprint density at radius 2 is 2.50 bits per heavy atom. The molecule has 0 fully saturated rings. The molecular formula is C8H11NO5. The number of aliphatic hydroxyl groups is 2. The number of nitrogens with zero attached hydrogens (tertiary/aromatic N) is 1. The molecule has 0 aromatic carbocycles. The number of methoxy groups -OCH3 is 1. The molecule has 0 saturated carbocycles. The van der Waals surface area contributed by atoms with Crippen molar-refractivity contribution in [3.63, 3.8) is 0 Å². The van der Waals surface area contributed by atoms with Gasteiger partial charge in [-0.1, -0.05) is 0 Å². The molecule has 0 unspecified atom stereocenters. The molecule has 1 aromatic rings. The lowest BCUT2D eigenvalue weighted by molar-refractivity contribution is 0.0593. The van der Waals surface area contributed by atoms with Crippen molar-refractivity contribution in [2.75, 3.05) is 13.7 Å². The standard InChI is InChI=1S/C8H11NO5/c1-13-8(12)6-4-14-7(9-6)2-5(11)3-10/h4-5,10-11H,2-3H2,1H3/t5-/m0/s1. The first-order valence-corrected chi connectivity index (χ1v) is 3.99. The lowest BCUT2D eigenvalue weighted by Crippen LogP contribution is -2.15. The van der Waals surface area contributed by atoms with Gasteiger partial charge in [0.1, 0.15) is 6.26 Å². The van der Waals surface area contributed by atoms with Gasteiger partial charge in [0.05, 0.1) is 26.2 Å². The molecule has 0 aliphatic heterocycles. The predicted octanol–water partition coefficient (Wildman–Crippen LogP) is -0.643. The SMILES string of the molecule is COC(=O)c1coc(C[C@H](O)CO)n1. The minimum absolute atomic E-state index is 0.0487. The van der Waals surface area contributed by atoms with E-state index in [2.05, 4.69) is 9.72 Å². The average Bonchev–Trinajstić information content (AvgIpc) is 2.65. The van der Waals surface area contributed by atoms with Gasteiger partial charge in [0.15, 0.2) is 11.6 Å². The van der Waals surface area contributed by atoms with Gasteiger partial charge in [-0.3, -0.25) is 0 Å². The third-order valence-electron chi connectivity index (χ3n) is 1.57. The minimum atomic E-state index is -0.931. The van der Waals surface area contributed by atoms with Crippen molar-refractivity contribution in [2.24, 2.45) is 0 Å². The summed E-state index contributed by atoms with van der Waals surface area (Å²) in [6.45, 7) is -0.379. The molecule has 14 heavy (non-hydrogen) atoms. The van der Waals surface area contributed by atoms with E-state index in [-0.39, 0.29) is 24.6 Å². The normalized spacial score (nSPS) is 12.5. The highest BCUT2D eigenvalue weighted by Crippen LogP contribution is 2.05. The van der Waals surface area contributed by atoms with Gasteiger partial charge in [-0.2, -0.15) is 0 Å². The number of hydrogen-bond donors (Lipinski definition) is 2. The largest absolute Gasteiger partial charge is 0.464 e. The molecular weight excluding hydrogens is 190 g/mol. The number of rotatable bonds is 4. The molecule has 6 nitrogen and oxygen atoms in total. The van der Waals surface area contributed by atoms with E-state index in [4.69, 9.17) is 14.6 Å². The maximum atomic E-state index is 10.9. The summed E-state index contributed by atoms with van der Waals surface area (Å²) in [5.41, 5.74) is 0.0487. The van der Waals surface area contributed by atoms with Crippen LogP contribution in [0.15, 0.2) is 10.7 Å². The van der Waals surface area contributed by atoms with E-state index in [9.17, 15) is 4.79 Å². The minimum Gasteiger partial charge on any atom is -0.464 e. The molecule has 1 heterocycles. The van der Waals surface area contributed by atoms with Crippen LogP contribution in [-0.2, 0) is 11.2 Å². The summed E-state index contributed by atoms with van der Waals surface area (Å²) in [6, 6.07) is 0. The van der Waals surface area contributed by atoms with Gasteiger partial charge in [0.25, 0.3) is 0 Å². The molecule has 1 aromatic heterocycles. The molecule has 0 aliphatic rings. The number of oxazole rings is 1. The highest BCUT2D eigenvalue weighted by molar-refractivity contribution is 5.86. The lowest BCUT2D eigenvalue weighted by atomic mass is 10.3. The molecule has 78 valence electrons. The van der Waals surface area contributed by atoms with Crippen molar-refractivity contribution >= 4 is 5.97 Å². The Labute approximate surface area is 80.1 Å². The fourth-order valence-corrected chi connectivity index (χ4v) is 0.869. The number of aliphatic hydroxyl groups excluding tert-OH is 2. The van der Waals surface area contributed by atoms with Crippen LogP contribution >= 0.6 is 0 Å². The third kappa shape index (κ3) is 2.54. The van der Waals surface area contributed by atoms with Crippen molar-refractivity contribution in [1.29, 1.82) is 0 Å². The number of carbonyl (C=O) groups is 1. The van der Waals surface area contributed by atoms with E-state index in [1.165, 1.54) is 7.11 Å². The summed E-state index contributed by atoms with van der Waals surface area (Å²) >= 11 is 0. The van der Waals surface area contributed by atoms with E-state index >= 15 is 0 Å². The molecule has 1 atom stereocenters. The van der Waals surface area contributed by atoms with Crippen molar-refractivity contribution in [3.8, 4) is 0 Å². The van der Waals surface area contributed by atoms with Crippen LogP contribution in [0.4, 0.5) is 0 Å². The molecule has 6 heteroatoms. The monoisotopic (exact) mass is 201 g/mol. The molecule has 1 rings (SSSR count). The highest BCUT2D eigenvalue weighted by Gasteiger charge is 2.14. The summed E-state index contributed by atoms with van der Waals surface area (Å²) in [5, 5.41) is 17.6. The molecule has 0 radical (unpaired) electrons. The van der Waals surface area contributed by atoms with Crippen LogP contribution in [0.5, 0.6) is 0 Å². The Bertz CT molecular complexity index is 308. The zero-order valence-corrected chi connectivity index (χ0v) is 7.64. The summed E-state index contributed by atoms with van der Waals surface area (Å²) < 4.78 is 9.28. The van der Waals surface area contributed by atoms with Crippen LogP contribution in [-0.4, -0.2) is 41.0 Å². The summed E-state index contributed by atoms with van der Waals surface area (Å²) in [4.78, 5) is 14.7. The Kier molecular flexibility index (Phi) is 3.61. The van der Waals surface area contributed by atoms with Crippen LogP contribution in [0.3, 0.4) is 0 Å². The number of hydrogen-bond acceptors (Lipinski definition) is 6. The van der Waals surface area contributed by atoms with Crippen LogP contribution in [0.1, 0.15) is 16.4 Å². The van der Waals surface area contributed by atoms with Gasteiger partial charge >= 0.3 is 5.97 Å². The van der Waals surface area contributed by atoms with Crippen LogP contribution < -0.4 is 0 Å². The van der Waals surface area contributed by atoms with Crippen molar-refractivity contribution < 1.29 is 24.2 Å². The molecule has 0 saturated heterocycles. The topological polar surface area (TPSA) is 92.8 Å². The van der Waals surface area contributed by atoms with Crippen LogP contribution in [0, 0.1) is 0 Å². The highest BCUT2D eigenvalue weighted by atomic mass is 16.5. The third-order valence-corrected chi connectivity index (χ3v) is 1.57. The number of esters is 1. The van der Waals surface area contributed by atoms with Gasteiger partial charge in [0.2, 0.25) is 0 Å². The first-order valence-electron chi connectivity index (χ1n) is 3.99. The number of ether oxygens (including phenoxy) is 1. The van der Waals surface area contributed by atoms with Crippen LogP contribution in [0.25, 0.3) is 0 Å². The van der Waals surface area contributed by atoms with Crippen molar-refractivity contribution in [3.05, 3.63) is 17.8 Å². The smallest absolute Gasteiger partial charge is 0.360 e. The van der Waals surface area contributed by atoms with Crippen molar-refractivity contribution in [2.45, 2.75) is 12.5 Å². The van der Waals surface area contributed by atoms with Gasteiger partial charge in [-0.15, -0.1) is 0 Å². The van der Waals surface area contributed by atoms with Crippen molar-refractivity contribution in [1.82, 2.24) is 4.98 Å². The van der Waals surface area contributed by atoms with Gasteiger partial charge < -0.3 is 19.4 Å². The first kappa shape index (κ1) is 10.7. The molecule has 2 N–H and O–H groups in total. The predicted molar refractivity (Wildman–Crippen MR) is 44.6 cm³/mol. The van der Waals surface area contributed by atoms with E-state index in [0.29, 0.717) is 0 Å². The maximum Gasteiger partial charge on any atom is 0.360 e. The fraction of sp³-hybridized carbons (Fsp3) is 0.500. The Balaban J connectivity index is 2.63. The number of aromatic nitrogens is 1. The quantitative estimate of drug-likeness (QED) is 0.629. The summed E-state index contributed by atoms with van der Waals surface area (Å²) in [7, 11) is 1.24. The van der Waals surface area contributed by atoms with E-state index in [1.54, 1.807) is 0 Å². The zero-order chi connectivity index (χ0) is 10.6. The molecule has 0 spiro atoms. The molecule has 0 amide bonds. The van der Waals surface area contributed by atoms with Gasteiger partial charge in [-0.05, 0) is 0 Å². The van der Waals surface area contributed by atoms with Crippen LogP contribution in [0.2, 0.25) is 0 Å². The summed E-state index contributed by atoms with van der Waals surface area (Å²) in [5.74, 6) is -0.412. The maximum absolute atomic E-state index is 10.9. The second kappa shape index (κ2) is 4.73.